The molecule has 7 heteroatoms. The Kier molecular flexibility index (Phi) is 6.80. The van der Waals surface area contributed by atoms with Crippen LogP contribution in [0.25, 0.3) is 22.9 Å². The fourth-order valence-corrected chi connectivity index (χ4v) is 3.29. The van der Waals surface area contributed by atoms with Crippen molar-refractivity contribution in [2.75, 3.05) is 13.2 Å². The summed E-state index contributed by atoms with van der Waals surface area (Å²) in [6.45, 7) is 4.12. The van der Waals surface area contributed by atoms with Crippen LogP contribution in [0.15, 0.2) is 77.2 Å². The minimum absolute atomic E-state index is 0.0792. The third-order valence-electron chi connectivity index (χ3n) is 5.12. The van der Waals surface area contributed by atoms with Gasteiger partial charge in [-0.25, -0.2) is 0 Å². The molecule has 1 unspecified atom stereocenters. The van der Waals surface area contributed by atoms with Gasteiger partial charge in [0, 0.05) is 23.2 Å². The van der Waals surface area contributed by atoms with E-state index in [4.69, 9.17) is 9.15 Å². The molecule has 4 aromatic rings. The van der Waals surface area contributed by atoms with Crippen LogP contribution < -0.4 is 10.1 Å². The molecule has 4 rings (SSSR count). The number of carbonyl (C=O) groups is 1. The fourth-order valence-electron chi connectivity index (χ4n) is 3.29. The van der Waals surface area contributed by atoms with E-state index in [0.717, 1.165) is 16.7 Å². The highest BCUT2D eigenvalue weighted by Crippen LogP contribution is 2.26. The molecule has 0 aliphatic rings. The van der Waals surface area contributed by atoms with Gasteiger partial charge in [-0.15, -0.1) is 10.2 Å². The zero-order valence-corrected chi connectivity index (χ0v) is 18.5. The first kappa shape index (κ1) is 22.2. The van der Waals surface area contributed by atoms with E-state index in [-0.39, 0.29) is 19.1 Å². The molecule has 0 spiro atoms. The smallest absolute Gasteiger partial charge is 0.251 e. The van der Waals surface area contributed by atoms with Gasteiger partial charge >= 0.3 is 0 Å². The van der Waals surface area contributed by atoms with Crippen LogP contribution in [-0.4, -0.2) is 40.5 Å². The number of aryl methyl sites for hydroxylation is 2. The zero-order valence-electron chi connectivity index (χ0n) is 18.5. The Labute approximate surface area is 192 Å². The van der Waals surface area contributed by atoms with Gasteiger partial charge in [-0.1, -0.05) is 30.3 Å². The quantitative estimate of drug-likeness (QED) is 0.424. The van der Waals surface area contributed by atoms with Crippen molar-refractivity contribution in [3.05, 3.63) is 89.5 Å². The zero-order chi connectivity index (χ0) is 23.2. The van der Waals surface area contributed by atoms with Gasteiger partial charge in [0.1, 0.15) is 18.5 Å². The molecule has 0 radical (unpaired) electrons. The monoisotopic (exact) mass is 443 g/mol. The Balaban J connectivity index is 1.31. The lowest BCUT2D eigenvalue weighted by molar-refractivity contribution is 0.0843. The summed E-state index contributed by atoms with van der Waals surface area (Å²) in [5.74, 6) is 1.22. The highest BCUT2D eigenvalue weighted by Gasteiger charge is 2.14. The standard InChI is InChI=1S/C26H25N3O4/c1-17-6-5-8-22(14-17)32-16-21(30)15-27-24(31)19-10-12-20(13-11-19)25-28-29-26(33-25)23-9-4-3-7-18(23)2/h3-14,21,30H,15-16H2,1-2H3,(H,27,31). The summed E-state index contributed by atoms with van der Waals surface area (Å²) in [6, 6.07) is 22.2. The third-order valence-corrected chi connectivity index (χ3v) is 5.12. The number of aromatic nitrogens is 2. The van der Waals surface area contributed by atoms with Crippen LogP contribution in [0.4, 0.5) is 0 Å². The topological polar surface area (TPSA) is 97.5 Å². The van der Waals surface area contributed by atoms with Gasteiger partial charge in [0.15, 0.2) is 0 Å². The first-order valence-electron chi connectivity index (χ1n) is 10.7. The molecule has 0 aliphatic carbocycles. The van der Waals surface area contributed by atoms with Gasteiger partial charge in [0.2, 0.25) is 11.8 Å². The maximum Gasteiger partial charge on any atom is 0.251 e. The highest BCUT2D eigenvalue weighted by atomic mass is 16.5. The minimum Gasteiger partial charge on any atom is -0.491 e. The van der Waals surface area contributed by atoms with Crippen LogP contribution in [0, 0.1) is 13.8 Å². The summed E-state index contributed by atoms with van der Waals surface area (Å²) < 4.78 is 11.4. The summed E-state index contributed by atoms with van der Waals surface area (Å²) >= 11 is 0. The number of benzene rings is 3. The molecule has 2 N–H and O–H groups in total. The first-order chi connectivity index (χ1) is 16.0. The van der Waals surface area contributed by atoms with Gasteiger partial charge in [-0.05, 0) is 67.4 Å². The lowest BCUT2D eigenvalue weighted by Gasteiger charge is -2.13. The third kappa shape index (κ3) is 5.64. The average Bonchev–Trinajstić information content (AvgIpc) is 3.32. The Morgan fingerprint density at radius 3 is 2.52 bits per heavy atom. The molecule has 0 aliphatic heterocycles. The molecule has 1 atom stereocenters. The number of nitrogens with one attached hydrogen (secondary N) is 1. The predicted molar refractivity (Wildman–Crippen MR) is 125 cm³/mol. The van der Waals surface area contributed by atoms with Crippen molar-refractivity contribution in [3.8, 4) is 28.7 Å². The number of carbonyl (C=O) groups excluding carboxylic acids is 1. The molecule has 7 nitrogen and oxygen atoms in total. The van der Waals surface area contributed by atoms with Crippen LogP contribution in [0.2, 0.25) is 0 Å². The number of hydrogen-bond donors (Lipinski definition) is 2. The van der Waals surface area contributed by atoms with E-state index < -0.39 is 6.10 Å². The summed E-state index contributed by atoms with van der Waals surface area (Å²) in [4.78, 5) is 12.4. The molecule has 3 aromatic carbocycles. The van der Waals surface area contributed by atoms with Crippen molar-refractivity contribution in [2.24, 2.45) is 0 Å². The van der Waals surface area contributed by atoms with Crippen molar-refractivity contribution in [2.45, 2.75) is 20.0 Å². The van der Waals surface area contributed by atoms with Crippen LogP contribution in [0.3, 0.4) is 0 Å². The summed E-state index contributed by atoms with van der Waals surface area (Å²) in [5.41, 5.74) is 4.18. The molecule has 1 amide bonds. The highest BCUT2D eigenvalue weighted by molar-refractivity contribution is 5.94. The number of aliphatic hydroxyl groups excluding tert-OH is 1. The number of aliphatic hydroxyl groups is 1. The largest absolute Gasteiger partial charge is 0.491 e. The predicted octanol–water partition coefficient (Wildman–Crippen LogP) is 4.19. The summed E-state index contributed by atoms with van der Waals surface area (Å²) in [7, 11) is 0. The summed E-state index contributed by atoms with van der Waals surface area (Å²) in [6.07, 6.45) is -0.827. The normalized spacial score (nSPS) is 11.7. The number of nitrogens with zero attached hydrogens (tertiary/aromatic N) is 2. The van der Waals surface area contributed by atoms with Gasteiger partial charge < -0.3 is 19.6 Å². The van der Waals surface area contributed by atoms with Gasteiger partial charge in [0.25, 0.3) is 5.91 Å². The molecule has 33 heavy (non-hydrogen) atoms. The molecular formula is C26H25N3O4. The molecule has 1 heterocycles. The molecule has 0 bridgehead atoms. The maximum atomic E-state index is 12.4. The molecular weight excluding hydrogens is 418 g/mol. The van der Waals surface area contributed by atoms with E-state index in [1.807, 2.05) is 62.4 Å². The second-order valence-corrected chi connectivity index (χ2v) is 7.80. The number of amides is 1. The number of ether oxygens (including phenoxy) is 1. The summed E-state index contributed by atoms with van der Waals surface area (Å²) in [5, 5.41) is 21.1. The average molecular weight is 444 g/mol. The number of rotatable bonds is 8. The van der Waals surface area contributed by atoms with E-state index in [2.05, 4.69) is 15.5 Å². The van der Waals surface area contributed by atoms with Crippen molar-refractivity contribution in [1.82, 2.24) is 15.5 Å². The van der Waals surface area contributed by atoms with Gasteiger partial charge in [0.05, 0.1) is 0 Å². The van der Waals surface area contributed by atoms with Gasteiger partial charge in [-0.3, -0.25) is 4.79 Å². The van der Waals surface area contributed by atoms with Crippen molar-refractivity contribution >= 4 is 5.91 Å². The van der Waals surface area contributed by atoms with Crippen molar-refractivity contribution in [3.63, 3.8) is 0 Å². The van der Waals surface area contributed by atoms with Crippen LogP contribution in [-0.2, 0) is 0 Å². The Hall–Kier alpha value is -3.97. The fraction of sp³-hybridized carbons (Fsp3) is 0.192. The second-order valence-electron chi connectivity index (χ2n) is 7.80. The molecule has 0 saturated heterocycles. The molecule has 168 valence electrons. The second kappa shape index (κ2) is 10.1. The number of hydrogen-bond acceptors (Lipinski definition) is 6. The Morgan fingerprint density at radius 1 is 1.00 bits per heavy atom. The molecule has 1 aromatic heterocycles. The van der Waals surface area contributed by atoms with Gasteiger partial charge in [-0.2, -0.15) is 0 Å². The molecule has 0 fully saturated rings. The van der Waals surface area contributed by atoms with Crippen LogP contribution in [0.1, 0.15) is 21.5 Å². The van der Waals surface area contributed by atoms with E-state index in [1.54, 1.807) is 24.3 Å². The lowest BCUT2D eigenvalue weighted by atomic mass is 10.1. The molecule has 0 saturated carbocycles. The van der Waals surface area contributed by atoms with Crippen molar-refractivity contribution in [1.29, 1.82) is 0 Å². The first-order valence-corrected chi connectivity index (χ1v) is 10.7. The van der Waals surface area contributed by atoms with E-state index in [0.29, 0.717) is 28.7 Å². The van der Waals surface area contributed by atoms with E-state index >= 15 is 0 Å². The van der Waals surface area contributed by atoms with Crippen LogP contribution in [0.5, 0.6) is 5.75 Å². The lowest BCUT2D eigenvalue weighted by Crippen LogP contribution is -2.35. The Bertz CT molecular complexity index is 1230. The van der Waals surface area contributed by atoms with E-state index in [9.17, 15) is 9.90 Å². The van der Waals surface area contributed by atoms with E-state index in [1.165, 1.54) is 0 Å². The minimum atomic E-state index is -0.827. The maximum absolute atomic E-state index is 12.4. The SMILES string of the molecule is Cc1cccc(OCC(O)CNC(=O)c2ccc(-c3nnc(-c4ccccc4C)o3)cc2)c1. The Morgan fingerprint density at radius 2 is 1.76 bits per heavy atom. The van der Waals surface area contributed by atoms with Crippen molar-refractivity contribution < 1.29 is 19.1 Å². The van der Waals surface area contributed by atoms with Crippen LogP contribution >= 0.6 is 0 Å².